The molecule has 1 amide bonds. The monoisotopic (exact) mass is 237 g/mol. The average Bonchev–Trinajstić information content (AvgIpc) is 2.07. The summed E-state index contributed by atoms with van der Waals surface area (Å²) in [6, 6.07) is 0. The van der Waals surface area contributed by atoms with E-state index in [4.69, 9.17) is 11.2 Å². The Bertz CT molecular complexity index is 327. The number of terminal acetylenes is 1. The number of amides is 1. The standard InChI is InChI=1S/C14H23NO2/c1-7-14(5,6)8-11-9-15(10-11)12(16)17-13(2,3)4/h1,11H,8-10H2,2-6H3. The van der Waals surface area contributed by atoms with Crippen LogP contribution >= 0.6 is 0 Å². The second-order valence-corrected chi connectivity index (χ2v) is 6.48. The largest absolute Gasteiger partial charge is 0.444 e. The van der Waals surface area contributed by atoms with Crippen LogP contribution in [-0.4, -0.2) is 29.7 Å². The predicted octanol–water partition coefficient (Wildman–Crippen LogP) is 2.90. The number of carbonyl (C=O) groups is 1. The quantitative estimate of drug-likeness (QED) is 0.691. The van der Waals surface area contributed by atoms with Gasteiger partial charge in [0.1, 0.15) is 5.60 Å². The third kappa shape index (κ3) is 4.30. The topological polar surface area (TPSA) is 29.5 Å². The molecular weight excluding hydrogens is 214 g/mol. The van der Waals surface area contributed by atoms with Crippen molar-refractivity contribution >= 4 is 6.09 Å². The van der Waals surface area contributed by atoms with Crippen molar-refractivity contribution in [2.24, 2.45) is 11.3 Å². The molecule has 0 aromatic carbocycles. The van der Waals surface area contributed by atoms with Crippen molar-refractivity contribution in [3.8, 4) is 12.3 Å². The molecule has 1 aliphatic rings. The minimum Gasteiger partial charge on any atom is -0.444 e. The molecule has 0 atom stereocenters. The second-order valence-electron chi connectivity index (χ2n) is 6.48. The van der Waals surface area contributed by atoms with E-state index < -0.39 is 5.60 Å². The average molecular weight is 237 g/mol. The Morgan fingerprint density at radius 3 is 2.29 bits per heavy atom. The number of ether oxygens (including phenoxy) is 1. The van der Waals surface area contributed by atoms with Gasteiger partial charge in [-0.1, -0.05) is 0 Å². The van der Waals surface area contributed by atoms with Gasteiger partial charge in [-0.2, -0.15) is 0 Å². The lowest BCUT2D eigenvalue weighted by atomic mass is 9.80. The maximum absolute atomic E-state index is 11.7. The van der Waals surface area contributed by atoms with E-state index in [1.165, 1.54) is 0 Å². The number of hydrogen-bond acceptors (Lipinski definition) is 2. The Hall–Kier alpha value is -1.17. The first kappa shape index (κ1) is 13.9. The molecule has 0 saturated carbocycles. The first-order chi connectivity index (χ1) is 7.63. The van der Waals surface area contributed by atoms with Gasteiger partial charge in [-0.15, -0.1) is 12.3 Å². The van der Waals surface area contributed by atoms with Gasteiger partial charge in [0.25, 0.3) is 0 Å². The van der Waals surface area contributed by atoms with E-state index in [1.54, 1.807) is 4.90 Å². The van der Waals surface area contributed by atoms with Gasteiger partial charge in [-0.3, -0.25) is 0 Å². The highest BCUT2D eigenvalue weighted by atomic mass is 16.6. The van der Waals surface area contributed by atoms with Crippen LogP contribution in [0.4, 0.5) is 4.79 Å². The highest BCUT2D eigenvalue weighted by Gasteiger charge is 2.36. The summed E-state index contributed by atoms with van der Waals surface area (Å²) in [5, 5.41) is 0. The third-order valence-corrected chi connectivity index (χ3v) is 2.80. The minimum atomic E-state index is -0.416. The van der Waals surface area contributed by atoms with Crippen LogP contribution in [-0.2, 0) is 4.74 Å². The molecule has 3 nitrogen and oxygen atoms in total. The van der Waals surface area contributed by atoms with Gasteiger partial charge in [-0.25, -0.2) is 4.79 Å². The van der Waals surface area contributed by atoms with Crippen molar-refractivity contribution in [1.82, 2.24) is 4.90 Å². The Balaban J connectivity index is 2.33. The highest BCUT2D eigenvalue weighted by Crippen LogP contribution is 2.30. The lowest BCUT2D eigenvalue weighted by molar-refractivity contribution is -0.00552. The smallest absolute Gasteiger partial charge is 0.410 e. The van der Waals surface area contributed by atoms with Gasteiger partial charge in [-0.05, 0) is 47.0 Å². The normalized spacial score (nSPS) is 17.3. The summed E-state index contributed by atoms with van der Waals surface area (Å²) in [7, 11) is 0. The first-order valence-electron chi connectivity index (χ1n) is 6.09. The molecule has 0 N–H and O–H groups in total. The van der Waals surface area contributed by atoms with Crippen molar-refractivity contribution in [3.63, 3.8) is 0 Å². The van der Waals surface area contributed by atoms with E-state index >= 15 is 0 Å². The van der Waals surface area contributed by atoms with Crippen LogP contribution in [0, 0.1) is 23.7 Å². The fraction of sp³-hybridized carbons (Fsp3) is 0.786. The molecule has 1 saturated heterocycles. The molecule has 0 radical (unpaired) electrons. The molecule has 0 bridgehead atoms. The van der Waals surface area contributed by atoms with Crippen LogP contribution < -0.4 is 0 Å². The number of nitrogens with zero attached hydrogens (tertiary/aromatic N) is 1. The Labute approximate surface area is 105 Å². The van der Waals surface area contributed by atoms with E-state index in [-0.39, 0.29) is 11.5 Å². The summed E-state index contributed by atoms with van der Waals surface area (Å²) in [5.41, 5.74) is -0.495. The molecule has 1 fully saturated rings. The summed E-state index contributed by atoms with van der Waals surface area (Å²) >= 11 is 0. The van der Waals surface area contributed by atoms with Gasteiger partial charge in [0.2, 0.25) is 0 Å². The molecule has 1 heterocycles. The Morgan fingerprint density at radius 1 is 1.35 bits per heavy atom. The van der Waals surface area contributed by atoms with Crippen molar-refractivity contribution in [3.05, 3.63) is 0 Å². The lowest BCUT2D eigenvalue weighted by Gasteiger charge is -2.41. The molecule has 0 aromatic rings. The number of hydrogen-bond donors (Lipinski definition) is 0. The van der Waals surface area contributed by atoms with Crippen LogP contribution in [0.1, 0.15) is 41.0 Å². The SMILES string of the molecule is C#CC(C)(C)CC1CN(C(=O)OC(C)(C)C)C1. The Morgan fingerprint density at radius 2 is 1.88 bits per heavy atom. The van der Waals surface area contributed by atoms with E-state index in [1.807, 2.05) is 20.8 Å². The summed E-state index contributed by atoms with van der Waals surface area (Å²) in [6.45, 7) is 11.3. The molecule has 1 aliphatic heterocycles. The zero-order valence-corrected chi connectivity index (χ0v) is 11.5. The molecule has 96 valence electrons. The molecular formula is C14H23NO2. The number of rotatable bonds is 2. The van der Waals surface area contributed by atoms with Crippen molar-refractivity contribution < 1.29 is 9.53 Å². The van der Waals surface area contributed by atoms with E-state index in [0.29, 0.717) is 5.92 Å². The van der Waals surface area contributed by atoms with Crippen LogP contribution in [0.5, 0.6) is 0 Å². The van der Waals surface area contributed by atoms with Gasteiger partial charge < -0.3 is 9.64 Å². The number of likely N-dealkylation sites (tertiary alicyclic amines) is 1. The Kier molecular flexibility index (Phi) is 3.76. The maximum atomic E-state index is 11.7. The van der Waals surface area contributed by atoms with E-state index in [0.717, 1.165) is 19.5 Å². The van der Waals surface area contributed by atoms with Gasteiger partial charge in [0, 0.05) is 18.5 Å². The summed E-state index contributed by atoms with van der Waals surface area (Å²) < 4.78 is 5.29. The molecule has 0 aromatic heterocycles. The minimum absolute atomic E-state index is 0.0787. The van der Waals surface area contributed by atoms with Crippen molar-refractivity contribution in [1.29, 1.82) is 0 Å². The van der Waals surface area contributed by atoms with Crippen LogP contribution in [0.2, 0.25) is 0 Å². The summed E-state index contributed by atoms with van der Waals surface area (Å²) in [4.78, 5) is 13.4. The molecule has 0 aliphatic carbocycles. The molecule has 0 unspecified atom stereocenters. The van der Waals surface area contributed by atoms with Gasteiger partial charge >= 0.3 is 6.09 Å². The summed E-state index contributed by atoms with van der Waals surface area (Å²) in [6.07, 6.45) is 6.20. The summed E-state index contributed by atoms with van der Waals surface area (Å²) in [5.74, 6) is 3.30. The first-order valence-corrected chi connectivity index (χ1v) is 6.09. The fourth-order valence-electron chi connectivity index (χ4n) is 1.96. The van der Waals surface area contributed by atoms with Gasteiger partial charge in [0.15, 0.2) is 0 Å². The number of carbonyl (C=O) groups excluding carboxylic acids is 1. The van der Waals surface area contributed by atoms with Crippen LogP contribution in [0.25, 0.3) is 0 Å². The highest BCUT2D eigenvalue weighted by molar-refractivity contribution is 5.69. The van der Waals surface area contributed by atoms with Crippen LogP contribution in [0.3, 0.4) is 0 Å². The fourth-order valence-corrected chi connectivity index (χ4v) is 1.96. The second kappa shape index (κ2) is 4.60. The van der Waals surface area contributed by atoms with Gasteiger partial charge in [0.05, 0.1) is 0 Å². The van der Waals surface area contributed by atoms with E-state index in [2.05, 4.69) is 19.8 Å². The zero-order valence-electron chi connectivity index (χ0n) is 11.5. The molecule has 3 heteroatoms. The predicted molar refractivity (Wildman–Crippen MR) is 68.5 cm³/mol. The van der Waals surface area contributed by atoms with Crippen molar-refractivity contribution in [2.45, 2.75) is 46.6 Å². The van der Waals surface area contributed by atoms with E-state index in [9.17, 15) is 4.79 Å². The lowest BCUT2D eigenvalue weighted by Crippen LogP contribution is -2.52. The maximum Gasteiger partial charge on any atom is 0.410 e. The molecule has 1 rings (SSSR count). The molecule has 0 spiro atoms. The third-order valence-electron chi connectivity index (χ3n) is 2.80. The zero-order chi connectivity index (χ0) is 13.3. The van der Waals surface area contributed by atoms with Crippen LogP contribution in [0.15, 0.2) is 0 Å². The van der Waals surface area contributed by atoms with Crippen molar-refractivity contribution in [2.75, 3.05) is 13.1 Å². The molecule has 17 heavy (non-hydrogen) atoms.